The molecule has 1 N–H and O–H groups in total. The molecule has 0 saturated heterocycles. The molecule has 21 heavy (non-hydrogen) atoms. The maximum absolute atomic E-state index is 12.8. The van der Waals surface area contributed by atoms with Crippen LogP contribution in [-0.4, -0.2) is 23.9 Å². The van der Waals surface area contributed by atoms with Crippen LogP contribution in [0.3, 0.4) is 0 Å². The number of alkyl halides is 2. The molecule has 1 heterocycles. The van der Waals surface area contributed by atoms with Crippen LogP contribution in [0.25, 0.3) is 6.08 Å². The van der Waals surface area contributed by atoms with E-state index in [0.717, 1.165) is 6.08 Å². The normalized spacial score (nSPS) is 17.3. The fourth-order valence-electron chi connectivity index (χ4n) is 2.10. The molecule has 6 heteroatoms. The van der Waals surface area contributed by atoms with E-state index in [1.165, 1.54) is 13.3 Å². The van der Waals surface area contributed by atoms with Crippen molar-refractivity contribution in [1.29, 1.82) is 0 Å². The minimum atomic E-state index is -2.54. The van der Waals surface area contributed by atoms with E-state index in [2.05, 4.69) is 16.9 Å². The van der Waals surface area contributed by atoms with Crippen molar-refractivity contribution in [3.8, 4) is 5.88 Å². The number of allylic oxidation sites excluding steroid dienone is 1. The number of halogens is 2. The third kappa shape index (κ3) is 3.87. The second kappa shape index (κ2) is 6.03. The number of carbonyl (C=O) groups excluding carboxylic acids is 1. The smallest absolute Gasteiger partial charge is 0.249 e. The number of nitrogens with zero attached hydrogens (tertiary/aromatic N) is 1. The Labute approximate surface area is 121 Å². The molecular formula is C15H16F2N2O2. The molecule has 1 saturated carbocycles. The first-order valence-electron chi connectivity index (χ1n) is 6.47. The Morgan fingerprint density at radius 3 is 2.86 bits per heavy atom. The SMILES string of the molecule is C=CC(=O)Nc1cnc(OC)c(/C=C/C2CC(F)(F)C2)c1. The zero-order chi connectivity index (χ0) is 15.5. The number of nitrogens with one attached hydrogen (secondary N) is 1. The van der Waals surface area contributed by atoms with Crippen LogP contribution in [0.2, 0.25) is 0 Å². The lowest BCUT2D eigenvalue weighted by Gasteiger charge is -2.32. The lowest BCUT2D eigenvalue weighted by molar-refractivity contribution is -0.111. The summed E-state index contributed by atoms with van der Waals surface area (Å²) in [5.41, 5.74) is 1.11. The molecule has 1 aromatic heterocycles. The van der Waals surface area contributed by atoms with Gasteiger partial charge in [0.25, 0.3) is 0 Å². The number of ether oxygens (including phenoxy) is 1. The molecule has 112 valence electrons. The third-order valence-electron chi connectivity index (χ3n) is 3.19. The number of amides is 1. The van der Waals surface area contributed by atoms with Crippen molar-refractivity contribution in [2.24, 2.45) is 5.92 Å². The van der Waals surface area contributed by atoms with Gasteiger partial charge in [-0.05, 0) is 18.1 Å². The number of hydrogen-bond acceptors (Lipinski definition) is 3. The molecule has 1 fully saturated rings. The number of aromatic nitrogens is 1. The highest BCUT2D eigenvalue weighted by molar-refractivity contribution is 5.98. The molecule has 2 rings (SSSR count). The van der Waals surface area contributed by atoms with E-state index in [9.17, 15) is 13.6 Å². The van der Waals surface area contributed by atoms with E-state index in [4.69, 9.17) is 4.74 Å². The molecule has 0 unspecified atom stereocenters. The van der Waals surface area contributed by atoms with Crippen molar-refractivity contribution in [3.63, 3.8) is 0 Å². The molecule has 0 bridgehead atoms. The highest BCUT2D eigenvalue weighted by atomic mass is 19.3. The maximum Gasteiger partial charge on any atom is 0.249 e. The van der Waals surface area contributed by atoms with E-state index in [1.54, 1.807) is 18.2 Å². The van der Waals surface area contributed by atoms with Gasteiger partial charge in [-0.25, -0.2) is 13.8 Å². The molecule has 4 nitrogen and oxygen atoms in total. The van der Waals surface area contributed by atoms with Gasteiger partial charge in [0.1, 0.15) is 0 Å². The molecular weight excluding hydrogens is 278 g/mol. The van der Waals surface area contributed by atoms with Gasteiger partial charge in [0.2, 0.25) is 17.7 Å². The summed E-state index contributed by atoms with van der Waals surface area (Å²) in [5, 5.41) is 2.58. The molecule has 0 aliphatic heterocycles. The fourth-order valence-corrected chi connectivity index (χ4v) is 2.10. The number of methoxy groups -OCH3 is 1. The first-order valence-corrected chi connectivity index (χ1v) is 6.47. The van der Waals surface area contributed by atoms with Crippen molar-refractivity contribution < 1.29 is 18.3 Å². The van der Waals surface area contributed by atoms with Gasteiger partial charge >= 0.3 is 0 Å². The minimum absolute atomic E-state index is 0.133. The van der Waals surface area contributed by atoms with E-state index < -0.39 is 5.92 Å². The molecule has 1 amide bonds. The monoisotopic (exact) mass is 294 g/mol. The Bertz CT molecular complexity index is 577. The summed E-state index contributed by atoms with van der Waals surface area (Å²) in [6.45, 7) is 3.36. The summed E-state index contributed by atoms with van der Waals surface area (Å²) in [4.78, 5) is 15.3. The van der Waals surface area contributed by atoms with Gasteiger partial charge in [-0.1, -0.05) is 18.7 Å². The van der Waals surface area contributed by atoms with Crippen LogP contribution in [0.4, 0.5) is 14.5 Å². The van der Waals surface area contributed by atoms with Gasteiger partial charge in [-0.15, -0.1) is 0 Å². The molecule has 1 aliphatic rings. The second-order valence-corrected chi connectivity index (χ2v) is 4.90. The molecule has 1 aromatic rings. The topological polar surface area (TPSA) is 51.2 Å². The van der Waals surface area contributed by atoms with Gasteiger partial charge < -0.3 is 10.1 Å². The molecule has 0 radical (unpaired) electrons. The molecule has 0 atom stereocenters. The second-order valence-electron chi connectivity index (χ2n) is 4.90. The van der Waals surface area contributed by atoms with Gasteiger partial charge in [0.05, 0.1) is 19.0 Å². The summed E-state index contributed by atoms with van der Waals surface area (Å²) < 4.78 is 30.7. The van der Waals surface area contributed by atoms with Crippen LogP contribution < -0.4 is 10.1 Å². The Kier molecular flexibility index (Phi) is 4.35. The van der Waals surface area contributed by atoms with Crippen LogP contribution >= 0.6 is 0 Å². The van der Waals surface area contributed by atoms with Crippen molar-refractivity contribution >= 4 is 17.7 Å². The van der Waals surface area contributed by atoms with Gasteiger partial charge in [-0.2, -0.15) is 0 Å². The zero-order valence-electron chi connectivity index (χ0n) is 11.6. The average molecular weight is 294 g/mol. The summed E-state index contributed by atoms with van der Waals surface area (Å²) in [5.74, 6) is -2.67. The van der Waals surface area contributed by atoms with Crippen molar-refractivity contribution in [3.05, 3.63) is 36.6 Å². The third-order valence-corrected chi connectivity index (χ3v) is 3.19. The Hall–Kier alpha value is -2.24. The first kappa shape index (κ1) is 15.2. The number of rotatable bonds is 5. The zero-order valence-corrected chi connectivity index (χ0v) is 11.6. The summed E-state index contributed by atoms with van der Waals surface area (Å²) >= 11 is 0. The Morgan fingerprint density at radius 2 is 2.29 bits per heavy atom. The van der Waals surface area contributed by atoms with Crippen LogP contribution in [0.1, 0.15) is 18.4 Å². The van der Waals surface area contributed by atoms with Gasteiger partial charge in [-0.3, -0.25) is 4.79 Å². The largest absolute Gasteiger partial charge is 0.481 e. The first-order chi connectivity index (χ1) is 9.93. The lowest BCUT2D eigenvalue weighted by atomic mass is 9.81. The summed E-state index contributed by atoms with van der Waals surface area (Å²) in [6.07, 6.45) is 5.74. The average Bonchev–Trinajstić information content (AvgIpc) is 2.42. The standard InChI is InChI=1S/C15H16F2N2O2/c1-3-13(20)19-12-6-11(14(21-2)18-9-12)5-4-10-7-15(16,17)8-10/h3-6,9-10H,1,7-8H2,2H3,(H,19,20)/b5-4+. The highest BCUT2D eigenvalue weighted by Crippen LogP contribution is 2.43. The Balaban J connectivity index is 2.12. The van der Waals surface area contributed by atoms with E-state index in [1.807, 2.05) is 0 Å². The van der Waals surface area contributed by atoms with Gasteiger partial charge in [0.15, 0.2) is 0 Å². The number of anilines is 1. The van der Waals surface area contributed by atoms with Crippen LogP contribution in [0.15, 0.2) is 31.0 Å². The number of hydrogen-bond donors (Lipinski definition) is 1. The molecule has 1 aliphatic carbocycles. The van der Waals surface area contributed by atoms with E-state index >= 15 is 0 Å². The van der Waals surface area contributed by atoms with Crippen molar-refractivity contribution in [1.82, 2.24) is 4.98 Å². The predicted molar refractivity (Wildman–Crippen MR) is 76.3 cm³/mol. The van der Waals surface area contributed by atoms with Crippen LogP contribution in [0, 0.1) is 5.92 Å². The maximum atomic E-state index is 12.8. The predicted octanol–water partition coefficient (Wildman–Crippen LogP) is 3.27. The van der Waals surface area contributed by atoms with Crippen LogP contribution in [0.5, 0.6) is 5.88 Å². The van der Waals surface area contributed by atoms with E-state index in [-0.39, 0.29) is 24.7 Å². The van der Waals surface area contributed by atoms with Gasteiger partial charge in [0, 0.05) is 18.4 Å². The van der Waals surface area contributed by atoms with Crippen molar-refractivity contribution in [2.75, 3.05) is 12.4 Å². The number of pyridine rings is 1. The molecule has 0 spiro atoms. The lowest BCUT2D eigenvalue weighted by Crippen LogP contribution is -2.33. The highest BCUT2D eigenvalue weighted by Gasteiger charge is 2.43. The van der Waals surface area contributed by atoms with Crippen molar-refractivity contribution in [2.45, 2.75) is 18.8 Å². The minimum Gasteiger partial charge on any atom is -0.481 e. The van der Waals surface area contributed by atoms with E-state index in [0.29, 0.717) is 17.1 Å². The Morgan fingerprint density at radius 1 is 1.57 bits per heavy atom. The summed E-state index contributed by atoms with van der Waals surface area (Å²) in [6, 6.07) is 1.67. The fraction of sp³-hybridized carbons (Fsp3) is 0.333. The molecule has 0 aromatic carbocycles. The quantitative estimate of drug-likeness (QED) is 0.848. The number of carbonyl (C=O) groups is 1. The summed E-state index contributed by atoms with van der Waals surface area (Å²) in [7, 11) is 1.47. The van der Waals surface area contributed by atoms with Crippen LogP contribution in [-0.2, 0) is 4.79 Å².